The van der Waals surface area contributed by atoms with E-state index >= 15 is 0 Å². The molecule has 0 aromatic carbocycles. The molecule has 0 saturated carbocycles. The monoisotopic (exact) mass is 235 g/mol. The molecule has 2 amide bonds. The summed E-state index contributed by atoms with van der Waals surface area (Å²) in [7, 11) is 0. The number of aromatic nitrogens is 2. The van der Waals surface area contributed by atoms with Gasteiger partial charge in [-0.25, -0.2) is 0 Å². The summed E-state index contributed by atoms with van der Waals surface area (Å²) in [5.74, 6) is -0.597. The minimum atomic E-state index is -0.229. The van der Waals surface area contributed by atoms with Gasteiger partial charge in [0.2, 0.25) is 11.8 Å². The molecule has 5 nitrogen and oxygen atoms in total. The van der Waals surface area contributed by atoms with E-state index in [2.05, 4.69) is 10.4 Å². The van der Waals surface area contributed by atoms with Crippen molar-refractivity contribution in [1.82, 2.24) is 15.1 Å². The predicted octanol–water partition coefficient (Wildman–Crippen LogP) is 1.04. The summed E-state index contributed by atoms with van der Waals surface area (Å²) in [6.45, 7) is 6.70. The first-order valence-corrected chi connectivity index (χ1v) is 5.92. The fraction of sp³-hybridized carbons (Fsp3) is 0.583. The van der Waals surface area contributed by atoms with Gasteiger partial charge in [-0.05, 0) is 27.2 Å². The van der Waals surface area contributed by atoms with Gasteiger partial charge in [0.25, 0.3) is 0 Å². The highest BCUT2D eigenvalue weighted by atomic mass is 16.2. The molecule has 1 fully saturated rings. The average molecular weight is 235 g/mol. The molecule has 2 rings (SSSR count). The van der Waals surface area contributed by atoms with Crippen molar-refractivity contribution in [2.45, 2.75) is 46.1 Å². The third-order valence-electron chi connectivity index (χ3n) is 3.32. The molecule has 1 aromatic heterocycles. The van der Waals surface area contributed by atoms with E-state index in [1.807, 2.05) is 25.5 Å². The zero-order valence-electron chi connectivity index (χ0n) is 10.4. The number of piperidine rings is 1. The quantitative estimate of drug-likeness (QED) is 0.779. The maximum Gasteiger partial charge on any atom is 0.234 e. The Morgan fingerprint density at radius 1 is 1.41 bits per heavy atom. The summed E-state index contributed by atoms with van der Waals surface area (Å²) in [5.41, 5.74) is 2.90. The third kappa shape index (κ3) is 1.97. The second kappa shape index (κ2) is 4.31. The fourth-order valence-corrected chi connectivity index (χ4v) is 2.49. The van der Waals surface area contributed by atoms with Crippen molar-refractivity contribution in [3.63, 3.8) is 0 Å². The molecule has 0 radical (unpaired) electrons. The van der Waals surface area contributed by atoms with Gasteiger partial charge in [-0.1, -0.05) is 0 Å². The second-order valence-electron chi connectivity index (χ2n) is 4.40. The Hall–Kier alpha value is -1.65. The van der Waals surface area contributed by atoms with Gasteiger partial charge in [-0.2, -0.15) is 5.10 Å². The molecule has 0 aliphatic carbocycles. The van der Waals surface area contributed by atoms with Gasteiger partial charge in [0.1, 0.15) is 0 Å². The number of nitrogens with zero attached hydrogens (tertiary/aromatic N) is 2. The number of imide groups is 1. The van der Waals surface area contributed by atoms with Crippen LogP contribution in [-0.2, 0) is 16.1 Å². The van der Waals surface area contributed by atoms with Crippen LogP contribution in [0.3, 0.4) is 0 Å². The topological polar surface area (TPSA) is 64.0 Å². The van der Waals surface area contributed by atoms with Crippen LogP contribution >= 0.6 is 0 Å². The van der Waals surface area contributed by atoms with Gasteiger partial charge in [-0.3, -0.25) is 19.6 Å². The molecule has 1 unspecified atom stereocenters. The molecular weight excluding hydrogens is 218 g/mol. The summed E-state index contributed by atoms with van der Waals surface area (Å²) in [6, 6.07) is 0. The van der Waals surface area contributed by atoms with Gasteiger partial charge in [0.15, 0.2) is 0 Å². The van der Waals surface area contributed by atoms with E-state index < -0.39 is 0 Å². The summed E-state index contributed by atoms with van der Waals surface area (Å²) < 4.78 is 1.90. The molecule has 5 heteroatoms. The van der Waals surface area contributed by atoms with E-state index in [4.69, 9.17) is 0 Å². The smallest absolute Gasteiger partial charge is 0.234 e. The lowest BCUT2D eigenvalue weighted by atomic mass is 9.89. The minimum absolute atomic E-state index is 0.176. The van der Waals surface area contributed by atoms with Gasteiger partial charge < -0.3 is 0 Å². The highest BCUT2D eigenvalue weighted by molar-refractivity contribution is 6.01. The third-order valence-corrected chi connectivity index (χ3v) is 3.32. The highest BCUT2D eigenvalue weighted by Gasteiger charge is 2.31. The number of amides is 2. The maximum atomic E-state index is 11.8. The van der Waals surface area contributed by atoms with Gasteiger partial charge in [0.05, 0.1) is 11.6 Å². The zero-order valence-corrected chi connectivity index (χ0v) is 10.4. The Kier molecular flexibility index (Phi) is 3.00. The van der Waals surface area contributed by atoms with E-state index in [1.165, 1.54) is 0 Å². The Morgan fingerprint density at radius 3 is 2.65 bits per heavy atom. The normalized spacial score (nSPS) is 20.5. The predicted molar refractivity (Wildman–Crippen MR) is 62.5 cm³/mol. The van der Waals surface area contributed by atoms with Crippen molar-refractivity contribution in [3.8, 4) is 0 Å². The molecule has 1 aliphatic heterocycles. The number of hydrogen-bond donors (Lipinski definition) is 1. The largest absolute Gasteiger partial charge is 0.296 e. The number of carbonyl (C=O) groups excluding carboxylic acids is 2. The Labute approximate surface area is 100 Å². The average Bonchev–Trinajstić information content (AvgIpc) is 2.55. The fourth-order valence-electron chi connectivity index (χ4n) is 2.49. The molecule has 1 aliphatic rings. The summed E-state index contributed by atoms with van der Waals surface area (Å²) in [6.07, 6.45) is 0.994. The summed E-state index contributed by atoms with van der Waals surface area (Å²) >= 11 is 0. The summed E-state index contributed by atoms with van der Waals surface area (Å²) in [5, 5.41) is 6.80. The van der Waals surface area contributed by atoms with Crippen LogP contribution in [0.25, 0.3) is 0 Å². The van der Waals surface area contributed by atoms with Crippen LogP contribution < -0.4 is 5.32 Å². The van der Waals surface area contributed by atoms with Crippen LogP contribution in [0.5, 0.6) is 0 Å². The Balaban J connectivity index is 2.37. The van der Waals surface area contributed by atoms with Crippen molar-refractivity contribution in [1.29, 1.82) is 0 Å². The molecule has 1 N–H and O–H groups in total. The van der Waals surface area contributed by atoms with Crippen LogP contribution in [0.2, 0.25) is 0 Å². The standard InChI is InChI=1S/C12H17N3O2/c1-4-15-8(3)11(7(2)14-15)9-5-6-10(16)13-12(9)17/h9H,4-6H2,1-3H3,(H,13,16,17). The lowest BCUT2D eigenvalue weighted by Crippen LogP contribution is -2.39. The Morgan fingerprint density at radius 2 is 2.12 bits per heavy atom. The lowest BCUT2D eigenvalue weighted by Gasteiger charge is -2.21. The van der Waals surface area contributed by atoms with E-state index in [0.29, 0.717) is 12.8 Å². The van der Waals surface area contributed by atoms with Crippen LogP contribution in [0.1, 0.15) is 42.6 Å². The molecule has 1 atom stereocenters. The molecule has 92 valence electrons. The van der Waals surface area contributed by atoms with Gasteiger partial charge in [-0.15, -0.1) is 0 Å². The van der Waals surface area contributed by atoms with Crippen molar-refractivity contribution in [2.24, 2.45) is 0 Å². The zero-order chi connectivity index (χ0) is 12.6. The van der Waals surface area contributed by atoms with Crippen molar-refractivity contribution >= 4 is 11.8 Å². The SMILES string of the molecule is CCn1nc(C)c(C2CCC(=O)NC2=O)c1C. The number of carbonyl (C=O) groups is 2. The summed E-state index contributed by atoms with van der Waals surface area (Å²) in [4.78, 5) is 23.0. The molecule has 17 heavy (non-hydrogen) atoms. The first-order valence-electron chi connectivity index (χ1n) is 5.92. The highest BCUT2D eigenvalue weighted by Crippen LogP contribution is 2.29. The number of rotatable bonds is 2. The van der Waals surface area contributed by atoms with Crippen LogP contribution in [0.15, 0.2) is 0 Å². The van der Waals surface area contributed by atoms with Crippen LogP contribution in [-0.4, -0.2) is 21.6 Å². The second-order valence-corrected chi connectivity index (χ2v) is 4.40. The van der Waals surface area contributed by atoms with E-state index in [1.54, 1.807) is 0 Å². The van der Waals surface area contributed by atoms with E-state index in [9.17, 15) is 9.59 Å². The van der Waals surface area contributed by atoms with Crippen molar-refractivity contribution < 1.29 is 9.59 Å². The first kappa shape index (κ1) is 11.8. The molecule has 0 spiro atoms. The van der Waals surface area contributed by atoms with E-state index in [-0.39, 0.29) is 17.7 Å². The number of aryl methyl sites for hydroxylation is 2. The van der Waals surface area contributed by atoms with Crippen molar-refractivity contribution in [2.75, 3.05) is 0 Å². The molecule has 0 bridgehead atoms. The molecular formula is C12H17N3O2. The number of nitrogens with one attached hydrogen (secondary N) is 1. The minimum Gasteiger partial charge on any atom is -0.296 e. The molecule has 2 heterocycles. The van der Waals surface area contributed by atoms with E-state index in [0.717, 1.165) is 23.5 Å². The van der Waals surface area contributed by atoms with Crippen LogP contribution in [0, 0.1) is 13.8 Å². The molecule has 1 saturated heterocycles. The van der Waals surface area contributed by atoms with Crippen molar-refractivity contribution in [3.05, 3.63) is 17.0 Å². The number of hydrogen-bond acceptors (Lipinski definition) is 3. The maximum absolute atomic E-state index is 11.8. The first-order chi connectivity index (χ1) is 8.04. The molecule has 1 aromatic rings. The van der Waals surface area contributed by atoms with Gasteiger partial charge in [0, 0.05) is 24.2 Å². The lowest BCUT2D eigenvalue weighted by molar-refractivity contribution is -0.134. The van der Waals surface area contributed by atoms with Gasteiger partial charge >= 0.3 is 0 Å². The van der Waals surface area contributed by atoms with Crippen LogP contribution in [0.4, 0.5) is 0 Å². The Bertz CT molecular complexity index is 476.